The fraction of sp³-hybridized carbons (Fsp3) is 0.500. The molecule has 0 saturated carbocycles. The first-order chi connectivity index (χ1) is 10.0. The molecule has 21 heavy (non-hydrogen) atoms. The van der Waals surface area contributed by atoms with Crippen molar-refractivity contribution in [2.45, 2.75) is 46.5 Å². The molecule has 0 aliphatic rings. The molecule has 0 saturated heterocycles. The molecule has 0 heterocycles. The standard InChI is InChI=1S/C16H24N2O3/c1-4-5-6-7-15(19)17-18-16(20)11-21-14-10-12(2)8-9-13(14)3/h8-10H,4-7,11H2,1-3H3,(H,17,19)(H,18,20). The molecule has 0 fully saturated rings. The van der Waals surface area contributed by atoms with Crippen molar-refractivity contribution in [1.82, 2.24) is 10.9 Å². The molecule has 1 rings (SSSR count). The van der Waals surface area contributed by atoms with Crippen LogP contribution in [0.25, 0.3) is 0 Å². The average Bonchev–Trinajstić information content (AvgIpc) is 2.46. The van der Waals surface area contributed by atoms with Crippen LogP contribution in [0.5, 0.6) is 5.75 Å². The van der Waals surface area contributed by atoms with E-state index >= 15 is 0 Å². The Morgan fingerprint density at radius 2 is 1.81 bits per heavy atom. The number of nitrogens with one attached hydrogen (secondary N) is 2. The summed E-state index contributed by atoms with van der Waals surface area (Å²) in [6, 6.07) is 5.81. The summed E-state index contributed by atoms with van der Waals surface area (Å²) >= 11 is 0. The molecule has 0 bridgehead atoms. The fourth-order valence-electron chi connectivity index (χ4n) is 1.78. The van der Waals surface area contributed by atoms with Gasteiger partial charge in [0, 0.05) is 6.42 Å². The first-order valence-electron chi connectivity index (χ1n) is 7.30. The van der Waals surface area contributed by atoms with Gasteiger partial charge in [-0.3, -0.25) is 20.4 Å². The normalized spacial score (nSPS) is 10.0. The molecule has 0 aliphatic carbocycles. The summed E-state index contributed by atoms with van der Waals surface area (Å²) in [6.45, 7) is 5.83. The molecule has 5 nitrogen and oxygen atoms in total. The average molecular weight is 292 g/mol. The van der Waals surface area contributed by atoms with Gasteiger partial charge in [-0.15, -0.1) is 0 Å². The predicted molar refractivity (Wildman–Crippen MR) is 81.8 cm³/mol. The Bertz CT molecular complexity index is 486. The minimum atomic E-state index is -0.375. The van der Waals surface area contributed by atoms with Crippen LogP contribution in [-0.4, -0.2) is 18.4 Å². The van der Waals surface area contributed by atoms with E-state index in [4.69, 9.17) is 4.74 Å². The third-order valence-corrected chi connectivity index (χ3v) is 3.05. The highest BCUT2D eigenvalue weighted by molar-refractivity contribution is 5.82. The molecule has 0 spiro atoms. The number of hydrogen-bond donors (Lipinski definition) is 2. The van der Waals surface area contributed by atoms with E-state index in [0.29, 0.717) is 12.2 Å². The van der Waals surface area contributed by atoms with E-state index in [2.05, 4.69) is 17.8 Å². The Morgan fingerprint density at radius 1 is 1.10 bits per heavy atom. The summed E-state index contributed by atoms with van der Waals surface area (Å²) in [7, 11) is 0. The third kappa shape index (κ3) is 6.79. The summed E-state index contributed by atoms with van der Waals surface area (Å²) in [5.74, 6) is 0.128. The van der Waals surface area contributed by atoms with Gasteiger partial charge in [-0.05, 0) is 37.5 Å². The number of ether oxygens (including phenoxy) is 1. The molecular formula is C16H24N2O3. The van der Waals surface area contributed by atoms with E-state index < -0.39 is 0 Å². The van der Waals surface area contributed by atoms with Crippen molar-refractivity contribution in [3.05, 3.63) is 29.3 Å². The van der Waals surface area contributed by atoms with Crippen LogP contribution in [0.1, 0.15) is 43.7 Å². The summed E-state index contributed by atoms with van der Waals surface area (Å²) in [5, 5.41) is 0. The van der Waals surface area contributed by atoms with Gasteiger partial charge in [0.15, 0.2) is 6.61 Å². The highest BCUT2D eigenvalue weighted by atomic mass is 16.5. The van der Waals surface area contributed by atoms with Crippen LogP contribution in [0.3, 0.4) is 0 Å². The van der Waals surface area contributed by atoms with Gasteiger partial charge in [-0.1, -0.05) is 31.9 Å². The Kier molecular flexibility index (Phi) is 7.29. The molecule has 116 valence electrons. The summed E-state index contributed by atoms with van der Waals surface area (Å²) in [5.41, 5.74) is 6.77. The van der Waals surface area contributed by atoms with Gasteiger partial charge < -0.3 is 4.74 Å². The third-order valence-electron chi connectivity index (χ3n) is 3.05. The molecule has 1 aromatic carbocycles. The van der Waals surface area contributed by atoms with Gasteiger partial charge in [0.1, 0.15) is 5.75 Å². The van der Waals surface area contributed by atoms with Crippen LogP contribution < -0.4 is 15.6 Å². The van der Waals surface area contributed by atoms with Crippen molar-refractivity contribution in [2.75, 3.05) is 6.61 Å². The summed E-state index contributed by atoms with van der Waals surface area (Å²) in [4.78, 5) is 23.0. The zero-order chi connectivity index (χ0) is 15.7. The van der Waals surface area contributed by atoms with Gasteiger partial charge >= 0.3 is 0 Å². The lowest BCUT2D eigenvalue weighted by Crippen LogP contribution is -2.43. The van der Waals surface area contributed by atoms with E-state index in [1.54, 1.807) is 0 Å². The highest BCUT2D eigenvalue weighted by Gasteiger charge is 2.07. The quantitative estimate of drug-likeness (QED) is 0.599. The van der Waals surface area contributed by atoms with Gasteiger partial charge in [-0.25, -0.2) is 0 Å². The smallest absolute Gasteiger partial charge is 0.276 e. The lowest BCUT2D eigenvalue weighted by Gasteiger charge is -2.11. The molecule has 0 radical (unpaired) electrons. The van der Waals surface area contributed by atoms with Crippen LogP contribution in [0.2, 0.25) is 0 Å². The summed E-state index contributed by atoms with van der Waals surface area (Å²) < 4.78 is 5.45. The number of aryl methyl sites for hydroxylation is 2. The maximum absolute atomic E-state index is 11.6. The van der Waals surface area contributed by atoms with Crippen LogP contribution in [0, 0.1) is 13.8 Å². The summed E-state index contributed by atoms with van der Waals surface area (Å²) in [6.07, 6.45) is 3.32. The molecular weight excluding hydrogens is 268 g/mol. The first kappa shape index (κ1) is 17.0. The van der Waals surface area contributed by atoms with E-state index in [1.165, 1.54) is 0 Å². The minimum absolute atomic E-state index is 0.125. The predicted octanol–water partition coefficient (Wildman–Crippen LogP) is 2.41. The monoisotopic (exact) mass is 292 g/mol. The van der Waals surface area contributed by atoms with Crippen LogP contribution in [0.15, 0.2) is 18.2 Å². The number of unbranched alkanes of at least 4 members (excludes halogenated alkanes) is 2. The number of carbonyl (C=O) groups excluding carboxylic acids is 2. The second-order valence-electron chi connectivity index (χ2n) is 5.11. The number of rotatable bonds is 7. The van der Waals surface area contributed by atoms with Crippen molar-refractivity contribution >= 4 is 11.8 Å². The van der Waals surface area contributed by atoms with Crippen LogP contribution >= 0.6 is 0 Å². The maximum Gasteiger partial charge on any atom is 0.276 e. The largest absolute Gasteiger partial charge is 0.483 e. The molecule has 0 atom stereocenters. The second kappa shape index (κ2) is 9.00. The second-order valence-corrected chi connectivity index (χ2v) is 5.11. The fourth-order valence-corrected chi connectivity index (χ4v) is 1.78. The van der Waals surface area contributed by atoms with E-state index in [-0.39, 0.29) is 18.4 Å². The van der Waals surface area contributed by atoms with Crippen molar-refractivity contribution < 1.29 is 14.3 Å². The van der Waals surface area contributed by atoms with E-state index in [9.17, 15) is 9.59 Å². The van der Waals surface area contributed by atoms with Crippen molar-refractivity contribution in [1.29, 1.82) is 0 Å². The zero-order valence-electron chi connectivity index (χ0n) is 13.0. The van der Waals surface area contributed by atoms with Gasteiger partial charge in [0.2, 0.25) is 5.91 Å². The van der Waals surface area contributed by atoms with Gasteiger partial charge in [0.25, 0.3) is 5.91 Å². The van der Waals surface area contributed by atoms with Crippen molar-refractivity contribution in [3.8, 4) is 5.75 Å². The van der Waals surface area contributed by atoms with E-state index in [0.717, 1.165) is 30.4 Å². The van der Waals surface area contributed by atoms with Crippen LogP contribution in [-0.2, 0) is 9.59 Å². The Labute approximate surface area is 126 Å². The maximum atomic E-state index is 11.6. The number of benzene rings is 1. The lowest BCUT2D eigenvalue weighted by atomic mass is 10.1. The highest BCUT2D eigenvalue weighted by Crippen LogP contribution is 2.18. The number of amides is 2. The Hall–Kier alpha value is -2.04. The number of hydrazine groups is 1. The number of carbonyl (C=O) groups is 2. The molecule has 0 aliphatic heterocycles. The van der Waals surface area contributed by atoms with Crippen molar-refractivity contribution in [3.63, 3.8) is 0 Å². The Morgan fingerprint density at radius 3 is 2.52 bits per heavy atom. The zero-order valence-corrected chi connectivity index (χ0v) is 13.0. The van der Waals surface area contributed by atoms with Gasteiger partial charge in [0.05, 0.1) is 0 Å². The van der Waals surface area contributed by atoms with Crippen molar-refractivity contribution in [2.24, 2.45) is 0 Å². The first-order valence-corrected chi connectivity index (χ1v) is 7.30. The molecule has 0 unspecified atom stereocenters. The topological polar surface area (TPSA) is 67.4 Å². The molecule has 5 heteroatoms. The van der Waals surface area contributed by atoms with Crippen LogP contribution in [0.4, 0.5) is 0 Å². The molecule has 2 amide bonds. The number of hydrogen-bond acceptors (Lipinski definition) is 3. The van der Waals surface area contributed by atoms with E-state index in [1.807, 2.05) is 32.0 Å². The molecule has 1 aromatic rings. The SMILES string of the molecule is CCCCCC(=O)NNC(=O)COc1cc(C)ccc1C. The molecule has 2 N–H and O–H groups in total. The Balaban J connectivity index is 2.28. The minimum Gasteiger partial charge on any atom is -0.483 e. The lowest BCUT2D eigenvalue weighted by molar-refractivity contribution is -0.130. The molecule has 0 aromatic heterocycles. The van der Waals surface area contributed by atoms with Gasteiger partial charge in [-0.2, -0.15) is 0 Å².